The molecule has 0 saturated heterocycles. The topological polar surface area (TPSA) is 44.1 Å². The minimum Gasteiger partial charge on any atom is -0.466 e. The Morgan fingerprint density at radius 1 is 1.29 bits per heavy atom. The minimum atomic E-state index is -0.379. The Hall–Kier alpha value is -2.59. The summed E-state index contributed by atoms with van der Waals surface area (Å²) in [4.78, 5) is 15.9. The number of halogens is 1. The van der Waals surface area contributed by atoms with E-state index in [9.17, 15) is 4.79 Å². The van der Waals surface area contributed by atoms with Crippen LogP contribution >= 0.6 is 11.6 Å². The monoisotopic (exact) mass is 340 g/mol. The SMILES string of the molecule is COC(=O)/C=C/c1ccc2nc(C)n(Cc3ccccc3Cl)c2c1. The molecule has 122 valence electrons. The van der Waals surface area contributed by atoms with Crippen LogP contribution in [0.15, 0.2) is 48.5 Å². The number of benzene rings is 2. The number of hydrogen-bond acceptors (Lipinski definition) is 3. The van der Waals surface area contributed by atoms with Gasteiger partial charge in [-0.15, -0.1) is 0 Å². The second-order valence-corrected chi connectivity index (χ2v) is 5.85. The van der Waals surface area contributed by atoms with Crippen molar-refractivity contribution in [3.05, 3.63) is 70.5 Å². The van der Waals surface area contributed by atoms with Crippen molar-refractivity contribution < 1.29 is 9.53 Å². The molecule has 0 aliphatic heterocycles. The summed E-state index contributed by atoms with van der Waals surface area (Å²) in [5, 5.41) is 0.737. The van der Waals surface area contributed by atoms with Crippen LogP contribution in [-0.4, -0.2) is 22.6 Å². The molecular weight excluding hydrogens is 324 g/mol. The first kappa shape index (κ1) is 16.3. The van der Waals surface area contributed by atoms with E-state index in [0.717, 1.165) is 33.0 Å². The van der Waals surface area contributed by atoms with Gasteiger partial charge < -0.3 is 9.30 Å². The van der Waals surface area contributed by atoms with Gasteiger partial charge >= 0.3 is 5.97 Å². The smallest absolute Gasteiger partial charge is 0.330 e. The normalized spacial score (nSPS) is 11.3. The van der Waals surface area contributed by atoms with Crippen molar-refractivity contribution in [2.24, 2.45) is 0 Å². The zero-order valence-corrected chi connectivity index (χ0v) is 14.2. The predicted molar refractivity (Wildman–Crippen MR) is 96.1 cm³/mol. The maximum absolute atomic E-state index is 11.3. The molecule has 0 atom stereocenters. The molecule has 1 heterocycles. The van der Waals surface area contributed by atoms with Crippen LogP contribution in [0.2, 0.25) is 5.02 Å². The highest BCUT2D eigenvalue weighted by atomic mass is 35.5. The van der Waals surface area contributed by atoms with Gasteiger partial charge in [-0.05, 0) is 42.3 Å². The second-order valence-electron chi connectivity index (χ2n) is 5.44. The van der Waals surface area contributed by atoms with E-state index in [1.54, 1.807) is 6.08 Å². The maximum atomic E-state index is 11.3. The minimum absolute atomic E-state index is 0.379. The van der Waals surface area contributed by atoms with E-state index in [0.29, 0.717) is 6.54 Å². The third kappa shape index (κ3) is 3.34. The Bertz CT molecular complexity index is 928. The van der Waals surface area contributed by atoms with E-state index in [1.165, 1.54) is 13.2 Å². The van der Waals surface area contributed by atoms with Crippen molar-refractivity contribution in [2.75, 3.05) is 7.11 Å². The predicted octanol–water partition coefficient (Wildman–Crippen LogP) is 4.23. The van der Waals surface area contributed by atoms with Gasteiger partial charge in [-0.2, -0.15) is 0 Å². The summed E-state index contributed by atoms with van der Waals surface area (Å²) in [5.41, 5.74) is 3.86. The first-order valence-corrected chi connectivity index (χ1v) is 7.92. The van der Waals surface area contributed by atoms with Crippen LogP contribution < -0.4 is 0 Å². The second kappa shape index (κ2) is 6.89. The molecule has 24 heavy (non-hydrogen) atoms. The van der Waals surface area contributed by atoms with Crippen LogP contribution in [0.5, 0.6) is 0 Å². The highest BCUT2D eigenvalue weighted by Crippen LogP contribution is 2.23. The molecule has 0 fully saturated rings. The zero-order chi connectivity index (χ0) is 17.1. The van der Waals surface area contributed by atoms with Gasteiger partial charge in [0.25, 0.3) is 0 Å². The number of nitrogens with zero attached hydrogens (tertiary/aromatic N) is 2. The largest absolute Gasteiger partial charge is 0.466 e. The van der Waals surface area contributed by atoms with Crippen LogP contribution in [0.4, 0.5) is 0 Å². The molecule has 0 spiro atoms. The zero-order valence-electron chi connectivity index (χ0n) is 13.5. The van der Waals surface area contributed by atoms with Gasteiger partial charge in [0.1, 0.15) is 5.82 Å². The van der Waals surface area contributed by atoms with Crippen LogP contribution in [0.25, 0.3) is 17.1 Å². The van der Waals surface area contributed by atoms with Gasteiger partial charge in [0.05, 0.1) is 24.7 Å². The highest BCUT2D eigenvalue weighted by molar-refractivity contribution is 6.31. The number of esters is 1. The summed E-state index contributed by atoms with van der Waals surface area (Å²) in [6, 6.07) is 13.7. The molecule has 0 amide bonds. The van der Waals surface area contributed by atoms with Gasteiger partial charge in [-0.3, -0.25) is 0 Å². The molecule has 0 bridgehead atoms. The fourth-order valence-electron chi connectivity index (χ4n) is 2.59. The van der Waals surface area contributed by atoms with Crippen LogP contribution in [-0.2, 0) is 16.1 Å². The highest BCUT2D eigenvalue weighted by Gasteiger charge is 2.10. The molecule has 4 nitrogen and oxygen atoms in total. The van der Waals surface area contributed by atoms with E-state index in [4.69, 9.17) is 11.6 Å². The summed E-state index contributed by atoms with van der Waals surface area (Å²) in [6.07, 6.45) is 3.14. The summed E-state index contributed by atoms with van der Waals surface area (Å²) in [7, 11) is 1.36. The first-order chi connectivity index (χ1) is 11.6. The van der Waals surface area contributed by atoms with E-state index in [2.05, 4.69) is 14.3 Å². The lowest BCUT2D eigenvalue weighted by Crippen LogP contribution is -2.02. The molecule has 2 aromatic carbocycles. The van der Waals surface area contributed by atoms with Crippen molar-refractivity contribution >= 4 is 34.7 Å². The number of aryl methyl sites for hydroxylation is 1. The average molecular weight is 341 g/mol. The Labute approximate surface area is 145 Å². The van der Waals surface area contributed by atoms with Crippen LogP contribution in [0.1, 0.15) is 17.0 Å². The third-order valence-electron chi connectivity index (χ3n) is 3.86. The fraction of sp³-hybridized carbons (Fsp3) is 0.158. The Balaban J connectivity index is 2.01. The number of fused-ring (bicyclic) bond motifs is 1. The van der Waals surface area contributed by atoms with E-state index in [1.807, 2.05) is 49.4 Å². The standard InChI is InChI=1S/C19H17ClN2O2/c1-13-21-17-9-7-14(8-10-19(23)24-2)11-18(17)22(13)12-15-5-3-4-6-16(15)20/h3-11H,12H2,1-2H3/b10-8+. The lowest BCUT2D eigenvalue weighted by molar-refractivity contribution is -0.134. The molecule has 0 saturated carbocycles. The molecular formula is C19H17ClN2O2. The number of carbonyl (C=O) groups excluding carboxylic acids is 1. The van der Waals surface area contributed by atoms with Crippen LogP contribution in [0.3, 0.4) is 0 Å². The Morgan fingerprint density at radius 2 is 2.08 bits per heavy atom. The molecule has 0 radical (unpaired) electrons. The number of carbonyl (C=O) groups is 1. The number of imidazole rings is 1. The lowest BCUT2D eigenvalue weighted by Gasteiger charge is -2.09. The van der Waals surface area contributed by atoms with Crippen molar-refractivity contribution in [2.45, 2.75) is 13.5 Å². The van der Waals surface area contributed by atoms with Crippen LogP contribution in [0, 0.1) is 6.92 Å². The summed E-state index contributed by atoms with van der Waals surface area (Å²) < 4.78 is 6.74. The van der Waals surface area contributed by atoms with Crippen molar-refractivity contribution in [3.8, 4) is 0 Å². The quantitative estimate of drug-likeness (QED) is 0.527. The summed E-state index contributed by atoms with van der Waals surface area (Å²) >= 11 is 6.28. The number of hydrogen-bond donors (Lipinski definition) is 0. The average Bonchev–Trinajstić information content (AvgIpc) is 2.89. The molecule has 1 aromatic heterocycles. The lowest BCUT2D eigenvalue weighted by atomic mass is 10.1. The third-order valence-corrected chi connectivity index (χ3v) is 4.23. The summed E-state index contributed by atoms with van der Waals surface area (Å²) in [5.74, 6) is 0.537. The number of methoxy groups -OCH3 is 1. The van der Waals surface area contributed by atoms with Gasteiger partial charge in [-0.25, -0.2) is 9.78 Å². The first-order valence-electron chi connectivity index (χ1n) is 7.55. The number of rotatable bonds is 4. The number of ether oxygens (including phenoxy) is 1. The summed E-state index contributed by atoms with van der Waals surface area (Å²) in [6.45, 7) is 2.62. The molecule has 3 rings (SSSR count). The Kier molecular flexibility index (Phi) is 4.67. The van der Waals surface area contributed by atoms with Gasteiger partial charge in [-0.1, -0.05) is 35.9 Å². The molecule has 3 aromatic rings. The molecule has 0 unspecified atom stereocenters. The van der Waals surface area contributed by atoms with E-state index >= 15 is 0 Å². The Morgan fingerprint density at radius 3 is 2.83 bits per heavy atom. The molecule has 0 aliphatic rings. The van der Waals surface area contributed by atoms with Gasteiger partial charge in [0.2, 0.25) is 0 Å². The van der Waals surface area contributed by atoms with Crippen molar-refractivity contribution in [1.82, 2.24) is 9.55 Å². The van der Waals surface area contributed by atoms with Crippen molar-refractivity contribution in [1.29, 1.82) is 0 Å². The number of aromatic nitrogens is 2. The van der Waals surface area contributed by atoms with Gasteiger partial charge in [0.15, 0.2) is 0 Å². The van der Waals surface area contributed by atoms with E-state index in [-0.39, 0.29) is 5.97 Å². The fourth-order valence-corrected chi connectivity index (χ4v) is 2.79. The molecule has 0 N–H and O–H groups in total. The van der Waals surface area contributed by atoms with Crippen molar-refractivity contribution in [3.63, 3.8) is 0 Å². The molecule has 5 heteroatoms. The van der Waals surface area contributed by atoms with E-state index < -0.39 is 0 Å². The van der Waals surface area contributed by atoms with Gasteiger partial charge in [0, 0.05) is 11.1 Å². The maximum Gasteiger partial charge on any atom is 0.330 e. The molecule has 0 aliphatic carbocycles.